The van der Waals surface area contributed by atoms with Gasteiger partial charge in [0, 0.05) is 36.0 Å². The van der Waals surface area contributed by atoms with Crippen molar-refractivity contribution in [3.63, 3.8) is 0 Å². The van der Waals surface area contributed by atoms with Gasteiger partial charge in [-0.15, -0.1) is 0 Å². The molecule has 1 amide bonds. The van der Waals surface area contributed by atoms with Crippen LogP contribution in [0.1, 0.15) is 47.2 Å². The summed E-state index contributed by atoms with van der Waals surface area (Å²) in [6, 6.07) is 21.6. The molecule has 0 spiro atoms. The molecule has 1 heterocycles. The van der Waals surface area contributed by atoms with Crippen molar-refractivity contribution in [2.45, 2.75) is 55.6 Å². The monoisotopic (exact) mass is 528 g/mol. The molecule has 8 nitrogen and oxygen atoms in total. The van der Waals surface area contributed by atoms with Gasteiger partial charge in [-0.2, -0.15) is 0 Å². The molecule has 3 aromatic carbocycles. The third kappa shape index (κ3) is 5.94. The summed E-state index contributed by atoms with van der Waals surface area (Å²) in [5.41, 5.74) is 2.85. The lowest BCUT2D eigenvalue weighted by atomic mass is 10.1. The molecule has 1 fully saturated rings. The number of hydrogen-bond donors (Lipinski definition) is 1. The molecule has 9 heteroatoms. The standard InChI is InChI=1S/C29H28N4O4S/c34-27(30-23-8-4-5-9-23)22-12-15-25-26(18-22)31-29(38-19-21-10-13-24(14-11-21)33(36)37)32(28(25)35)17-16-20-6-2-1-3-7-20/h1-3,6-7,10-15,18,23H,4-5,8-9,16-17,19H2,(H,30,34). The molecule has 38 heavy (non-hydrogen) atoms. The van der Waals surface area contributed by atoms with Crippen LogP contribution in [0.2, 0.25) is 0 Å². The van der Waals surface area contributed by atoms with Gasteiger partial charge in [-0.3, -0.25) is 24.3 Å². The quantitative estimate of drug-likeness (QED) is 0.133. The van der Waals surface area contributed by atoms with Crippen LogP contribution in [0.4, 0.5) is 5.69 Å². The van der Waals surface area contributed by atoms with E-state index in [1.807, 2.05) is 30.3 Å². The summed E-state index contributed by atoms with van der Waals surface area (Å²) in [6.07, 6.45) is 4.91. The number of nitro benzene ring substituents is 1. The molecule has 0 radical (unpaired) electrons. The van der Waals surface area contributed by atoms with E-state index in [9.17, 15) is 19.7 Å². The van der Waals surface area contributed by atoms with Gasteiger partial charge in [0.2, 0.25) is 0 Å². The van der Waals surface area contributed by atoms with Crippen LogP contribution in [0.25, 0.3) is 10.9 Å². The van der Waals surface area contributed by atoms with Crippen molar-refractivity contribution in [2.75, 3.05) is 0 Å². The molecule has 1 aliphatic rings. The molecule has 1 aromatic heterocycles. The number of non-ortho nitro benzene ring substituents is 1. The van der Waals surface area contributed by atoms with Gasteiger partial charge in [0.05, 0.1) is 15.8 Å². The Balaban J connectivity index is 1.45. The van der Waals surface area contributed by atoms with Crippen LogP contribution in [0, 0.1) is 10.1 Å². The van der Waals surface area contributed by atoms with Gasteiger partial charge < -0.3 is 5.32 Å². The maximum absolute atomic E-state index is 13.6. The van der Waals surface area contributed by atoms with Crippen LogP contribution in [0.5, 0.6) is 0 Å². The predicted octanol–water partition coefficient (Wildman–Crippen LogP) is 5.51. The first kappa shape index (κ1) is 25.7. The summed E-state index contributed by atoms with van der Waals surface area (Å²) in [5.74, 6) is 0.345. The average Bonchev–Trinajstić information content (AvgIpc) is 3.45. The van der Waals surface area contributed by atoms with Crippen LogP contribution in [0.3, 0.4) is 0 Å². The van der Waals surface area contributed by atoms with Crippen molar-refractivity contribution in [3.8, 4) is 0 Å². The fourth-order valence-electron chi connectivity index (χ4n) is 4.74. The number of aryl methyl sites for hydroxylation is 1. The molecular weight excluding hydrogens is 500 g/mol. The Hall–Kier alpha value is -3.98. The van der Waals surface area contributed by atoms with Gasteiger partial charge in [0.15, 0.2) is 5.16 Å². The highest BCUT2D eigenvalue weighted by atomic mass is 32.2. The first-order valence-electron chi connectivity index (χ1n) is 12.7. The van der Waals surface area contributed by atoms with E-state index in [0.717, 1.165) is 36.8 Å². The second-order valence-corrected chi connectivity index (χ2v) is 10.4. The Labute approximate surface area is 224 Å². The van der Waals surface area contributed by atoms with Gasteiger partial charge in [-0.05, 0) is 48.6 Å². The van der Waals surface area contributed by atoms with E-state index in [4.69, 9.17) is 4.98 Å². The molecule has 5 rings (SSSR count). The third-order valence-corrected chi connectivity index (χ3v) is 7.90. The second kappa shape index (κ2) is 11.6. The molecule has 1 N–H and O–H groups in total. The number of fused-ring (bicyclic) bond motifs is 1. The van der Waals surface area contributed by atoms with E-state index in [1.165, 1.54) is 23.9 Å². The lowest BCUT2D eigenvalue weighted by molar-refractivity contribution is -0.384. The highest BCUT2D eigenvalue weighted by Gasteiger charge is 2.19. The van der Waals surface area contributed by atoms with Crippen LogP contribution in [-0.2, 0) is 18.7 Å². The number of rotatable bonds is 9. The van der Waals surface area contributed by atoms with E-state index in [-0.39, 0.29) is 23.2 Å². The summed E-state index contributed by atoms with van der Waals surface area (Å²) < 4.78 is 1.68. The minimum Gasteiger partial charge on any atom is -0.349 e. The Morgan fingerprint density at radius 1 is 1.03 bits per heavy atom. The van der Waals surface area contributed by atoms with E-state index in [2.05, 4.69) is 5.32 Å². The van der Waals surface area contributed by atoms with Crippen LogP contribution in [-0.4, -0.2) is 26.4 Å². The smallest absolute Gasteiger partial charge is 0.269 e. The van der Waals surface area contributed by atoms with Crippen molar-refractivity contribution >= 4 is 34.3 Å². The van der Waals surface area contributed by atoms with Crippen molar-refractivity contribution in [1.29, 1.82) is 0 Å². The van der Waals surface area contributed by atoms with Gasteiger partial charge >= 0.3 is 0 Å². The minimum atomic E-state index is -0.427. The third-order valence-electron chi connectivity index (χ3n) is 6.85. The number of carbonyl (C=O) groups is 1. The zero-order valence-corrected chi connectivity index (χ0v) is 21.7. The minimum absolute atomic E-state index is 0.0331. The van der Waals surface area contributed by atoms with Crippen LogP contribution >= 0.6 is 11.8 Å². The molecule has 0 unspecified atom stereocenters. The normalized spacial score (nSPS) is 13.6. The highest BCUT2D eigenvalue weighted by molar-refractivity contribution is 7.98. The molecule has 194 valence electrons. The second-order valence-electron chi connectivity index (χ2n) is 9.49. The van der Waals surface area contributed by atoms with Crippen LogP contribution < -0.4 is 10.9 Å². The molecule has 0 bridgehead atoms. The molecule has 4 aromatic rings. The number of hydrogen-bond acceptors (Lipinski definition) is 6. The van der Waals surface area contributed by atoms with E-state index >= 15 is 0 Å². The first-order valence-corrected chi connectivity index (χ1v) is 13.7. The number of carbonyl (C=O) groups excluding carboxylic acids is 1. The first-order chi connectivity index (χ1) is 18.5. The van der Waals surface area contributed by atoms with Gasteiger partial charge in [0.1, 0.15) is 0 Å². The van der Waals surface area contributed by atoms with E-state index in [1.54, 1.807) is 34.9 Å². The summed E-state index contributed by atoms with van der Waals surface area (Å²) >= 11 is 1.40. The number of nitro groups is 1. The van der Waals surface area contributed by atoms with E-state index < -0.39 is 4.92 Å². The molecule has 0 aliphatic heterocycles. The number of benzene rings is 3. The largest absolute Gasteiger partial charge is 0.349 e. The topological polar surface area (TPSA) is 107 Å². The Kier molecular flexibility index (Phi) is 7.83. The molecule has 0 atom stereocenters. The summed E-state index contributed by atoms with van der Waals surface area (Å²) in [7, 11) is 0. The maximum Gasteiger partial charge on any atom is 0.269 e. The number of nitrogens with one attached hydrogen (secondary N) is 1. The Morgan fingerprint density at radius 2 is 1.76 bits per heavy atom. The van der Waals surface area contributed by atoms with Crippen molar-refractivity contribution in [1.82, 2.24) is 14.9 Å². The van der Waals surface area contributed by atoms with Gasteiger partial charge in [-0.1, -0.05) is 67.1 Å². The SMILES string of the molecule is O=C(NC1CCCC1)c1ccc2c(=O)n(CCc3ccccc3)c(SCc3ccc([N+](=O)[O-])cc3)nc2c1. The van der Waals surface area contributed by atoms with Crippen LogP contribution in [0.15, 0.2) is 82.7 Å². The Bertz CT molecular complexity index is 1510. The molecule has 0 saturated heterocycles. The fourth-order valence-corrected chi connectivity index (χ4v) is 5.72. The van der Waals surface area contributed by atoms with Crippen molar-refractivity contribution < 1.29 is 9.72 Å². The summed E-state index contributed by atoms with van der Waals surface area (Å²) in [5, 5.41) is 15.1. The number of thioether (sulfide) groups is 1. The molecular formula is C29H28N4O4S. The fraction of sp³-hybridized carbons (Fsp3) is 0.276. The zero-order chi connectivity index (χ0) is 26.5. The van der Waals surface area contributed by atoms with Gasteiger partial charge in [0.25, 0.3) is 17.2 Å². The number of nitrogens with zero attached hydrogens (tertiary/aromatic N) is 3. The average molecular weight is 529 g/mol. The summed E-state index contributed by atoms with van der Waals surface area (Å²) in [6.45, 7) is 0.457. The van der Waals surface area contributed by atoms with Gasteiger partial charge in [-0.25, -0.2) is 4.98 Å². The predicted molar refractivity (Wildman–Crippen MR) is 149 cm³/mol. The number of aromatic nitrogens is 2. The summed E-state index contributed by atoms with van der Waals surface area (Å²) in [4.78, 5) is 41.8. The lowest BCUT2D eigenvalue weighted by Gasteiger charge is -2.15. The van der Waals surface area contributed by atoms with Crippen molar-refractivity contribution in [3.05, 3.63) is 110 Å². The van der Waals surface area contributed by atoms with E-state index in [0.29, 0.717) is 40.3 Å². The highest BCUT2D eigenvalue weighted by Crippen LogP contribution is 2.25. The Morgan fingerprint density at radius 3 is 2.47 bits per heavy atom. The maximum atomic E-state index is 13.6. The molecule has 1 saturated carbocycles. The van der Waals surface area contributed by atoms with Crippen molar-refractivity contribution in [2.24, 2.45) is 0 Å². The molecule has 1 aliphatic carbocycles. The lowest BCUT2D eigenvalue weighted by Crippen LogP contribution is -2.32. The number of amides is 1. The zero-order valence-electron chi connectivity index (χ0n) is 20.8.